The zero-order valence-corrected chi connectivity index (χ0v) is 11.6. The van der Waals surface area contributed by atoms with Crippen molar-refractivity contribution in [2.24, 2.45) is 0 Å². The van der Waals surface area contributed by atoms with Gasteiger partial charge in [0.25, 0.3) is 5.56 Å². The van der Waals surface area contributed by atoms with Crippen LogP contribution in [0.3, 0.4) is 0 Å². The van der Waals surface area contributed by atoms with E-state index in [2.05, 4.69) is 9.97 Å². The van der Waals surface area contributed by atoms with Crippen LogP contribution in [0, 0.1) is 16.1 Å². The lowest BCUT2D eigenvalue weighted by Crippen LogP contribution is -2.13. The maximum atomic E-state index is 11.8. The summed E-state index contributed by atoms with van der Waals surface area (Å²) in [5.41, 5.74) is 0.221. The normalized spacial score (nSPS) is 9.85. The predicted octanol–water partition coefficient (Wildman–Crippen LogP) is 1.99. The molecule has 0 unspecified atom stereocenters. The third-order valence-electron chi connectivity index (χ3n) is 2.73. The number of methoxy groups -OCH3 is 2. The molecule has 0 saturated heterocycles. The highest BCUT2D eigenvalue weighted by molar-refractivity contribution is 7.71. The Morgan fingerprint density at radius 1 is 1.25 bits per heavy atom. The highest BCUT2D eigenvalue weighted by atomic mass is 32.1. The quantitative estimate of drug-likeness (QED) is 0.843. The van der Waals surface area contributed by atoms with Crippen molar-refractivity contribution in [3.63, 3.8) is 0 Å². The number of nitriles is 1. The number of benzene rings is 1. The van der Waals surface area contributed by atoms with E-state index in [0.717, 1.165) is 0 Å². The number of nitrogens with zero attached hydrogens (tertiary/aromatic N) is 1. The van der Waals surface area contributed by atoms with E-state index in [1.54, 1.807) is 18.2 Å². The number of hydrogen-bond donors (Lipinski definition) is 2. The van der Waals surface area contributed by atoms with Crippen molar-refractivity contribution in [3.05, 3.63) is 38.9 Å². The Labute approximate surface area is 119 Å². The summed E-state index contributed by atoms with van der Waals surface area (Å²) in [5, 5.41) is 9.15. The largest absolute Gasteiger partial charge is 0.497 e. The Kier molecular flexibility index (Phi) is 3.86. The number of aromatic amines is 2. The van der Waals surface area contributed by atoms with Crippen LogP contribution in [-0.2, 0) is 0 Å². The Morgan fingerprint density at radius 2 is 2.00 bits per heavy atom. The summed E-state index contributed by atoms with van der Waals surface area (Å²) in [7, 11) is 3.02. The van der Waals surface area contributed by atoms with E-state index in [1.165, 1.54) is 14.2 Å². The number of aromatic nitrogens is 2. The average molecular weight is 289 g/mol. The molecule has 102 valence electrons. The topological polar surface area (TPSA) is 90.9 Å². The van der Waals surface area contributed by atoms with Gasteiger partial charge < -0.3 is 14.5 Å². The van der Waals surface area contributed by atoms with Gasteiger partial charge in [0.2, 0.25) is 0 Å². The second-order valence-electron chi connectivity index (χ2n) is 3.84. The molecule has 1 aromatic heterocycles. The van der Waals surface area contributed by atoms with Crippen molar-refractivity contribution in [3.8, 4) is 28.8 Å². The fourth-order valence-electron chi connectivity index (χ4n) is 1.80. The van der Waals surface area contributed by atoms with Gasteiger partial charge in [0.05, 0.1) is 19.9 Å². The minimum Gasteiger partial charge on any atom is -0.497 e. The average Bonchev–Trinajstić information content (AvgIpc) is 2.45. The van der Waals surface area contributed by atoms with Crippen molar-refractivity contribution < 1.29 is 9.47 Å². The Bertz CT molecular complexity index is 802. The smallest absolute Gasteiger partial charge is 0.270 e. The van der Waals surface area contributed by atoms with Crippen LogP contribution < -0.4 is 15.0 Å². The van der Waals surface area contributed by atoms with Gasteiger partial charge in [-0.15, -0.1) is 0 Å². The van der Waals surface area contributed by atoms with Crippen LogP contribution >= 0.6 is 12.2 Å². The molecule has 2 aromatic rings. The van der Waals surface area contributed by atoms with E-state index in [0.29, 0.717) is 22.8 Å². The van der Waals surface area contributed by atoms with Gasteiger partial charge in [-0.25, -0.2) is 0 Å². The Morgan fingerprint density at radius 3 is 2.60 bits per heavy atom. The summed E-state index contributed by atoms with van der Waals surface area (Å²) in [6, 6.07) is 6.93. The van der Waals surface area contributed by atoms with Gasteiger partial charge >= 0.3 is 0 Å². The van der Waals surface area contributed by atoms with Gasteiger partial charge in [0, 0.05) is 5.56 Å². The molecule has 0 radical (unpaired) electrons. The molecule has 0 fully saturated rings. The van der Waals surface area contributed by atoms with Crippen molar-refractivity contribution in [1.82, 2.24) is 9.97 Å². The van der Waals surface area contributed by atoms with E-state index in [1.807, 2.05) is 6.07 Å². The molecule has 0 saturated carbocycles. The third kappa shape index (κ3) is 2.41. The van der Waals surface area contributed by atoms with Gasteiger partial charge in [-0.2, -0.15) is 5.26 Å². The van der Waals surface area contributed by atoms with E-state index >= 15 is 0 Å². The third-order valence-corrected chi connectivity index (χ3v) is 2.93. The maximum absolute atomic E-state index is 11.8. The molecule has 0 aliphatic carbocycles. The molecule has 0 aliphatic rings. The number of nitrogens with one attached hydrogen (secondary N) is 2. The summed E-state index contributed by atoms with van der Waals surface area (Å²) in [4.78, 5) is 17.0. The molecule has 6 nitrogen and oxygen atoms in total. The van der Waals surface area contributed by atoms with Crippen LogP contribution in [0.25, 0.3) is 11.3 Å². The zero-order valence-electron chi connectivity index (χ0n) is 10.8. The van der Waals surface area contributed by atoms with Gasteiger partial charge in [-0.3, -0.25) is 9.78 Å². The highest BCUT2D eigenvalue weighted by Crippen LogP contribution is 2.32. The minimum atomic E-state index is -0.545. The van der Waals surface area contributed by atoms with Crippen LogP contribution in [-0.4, -0.2) is 24.2 Å². The fraction of sp³-hybridized carbons (Fsp3) is 0.154. The predicted molar refractivity (Wildman–Crippen MR) is 75.5 cm³/mol. The molecule has 7 heteroatoms. The SMILES string of the molecule is COc1ccc(OC)c(-c2[nH]c(=S)[nH]c(=O)c2C#N)c1. The summed E-state index contributed by atoms with van der Waals surface area (Å²) in [6.45, 7) is 0. The molecule has 2 N–H and O–H groups in total. The van der Waals surface area contributed by atoms with Crippen LogP contribution in [0.15, 0.2) is 23.0 Å². The summed E-state index contributed by atoms with van der Waals surface area (Å²) in [6.07, 6.45) is 0. The van der Waals surface area contributed by atoms with E-state index in [-0.39, 0.29) is 10.3 Å². The highest BCUT2D eigenvalue weighted by Gasteiger charge is 2.15. The molecule has 1 aromatic carbocycles. The monoisotopic (exact) mass is 289 g/mol. The lowest BCUT2D eigenvalue weighted by molar-refractivity contribution is 0.404. The molecule has 0 bridgehead atoms. The van der Waals surface area contributed by atoms with Crippen molar-refractivity contribution >= 4 is 12.2 Å². The van der Waals surface area contributed by atoms with Crippen LogP contribution in [0.1, 0.15) is 5.56 Å². The summed E-state index contributed by atoms with van der Waals surface area (Å²) < 4.78 is 10.5. The van der Waals surface area contributed by atoms with Crippen LogP contribution in [0.2, 0.25) is 0 Å². The second-order valence-corrected chi connectivity index (χ2v) is 4.24. The van der Waals surface area contributed by atoms with Crippen molar-refractivity contribution in [2.45, 2.75) is 0 Å². The van der Waals surface area contributed by atoms with E-state index < -0.39 is 5.56 Å². The van der Waals surface area contributed by atoms with E-state index in [4.69, 9.17) is 27.0 Å². The molecule has 1 heterocycles. The number of hydrogen-bond acceptors (Lipinski definition) is 5. The molecule has 0 aliphatic heterocycles. The summed E-state index contributed by atoms with van der Waals surface area (Å²) >= 11 is 4.94. The van der Waals surface area contributed by atoms with Gasteiger partial charge in [0.1, 0.15) is 23.1 Å². The summed E-state index contributed by atoms with van der Waals surface area (Å²) in [5.74, 6) is 1.07. The molecule has 0 atom stereocenters. The lowest BCUT2D eigenvalue weighted by atomic mass is 10.1. The zero-order chi connectivity index (χ0) is 14.7. The van der Waals surface area contributed by atoms with Crippen molar-refractivity contribution in [1.29, 1.82) is 5.26 Å². The van der Waals surface area contributed by atoms with Crippen LogP contribution in [0.4, 0.5) is 0 Å². The molecule has 2 rings (SSSR count). The molecular weight excluding hydrogens is 278 g/mol. The van der Waals surface area contributed by atoms with Gasteiger partial charge in [-0.05, 0) is 30.4 Å². The first-order valence-electron chi connectivity index (χ1n) is 5.59. The first-order valence-corrected chi connectivity index (χ1v) is 6.00. The van der Waals surface area contributed by atoms with Gasteiger partial charge in [0.15, 0.2) is 4.77 Å². The number of H-pyrrole nitrogens is 2. The second kappa shape index (κ2) is 5.59. The minimum absolute atomic E-state index is 0.0647. The first-order chi connectivity index (χ1) is 9.60. The van der Waals surface area contributed by atoms with Crippen LogP contribution in [0.5, 0.6) is 11.5 Å². The van der Waals surface area contributed by atoms with Gasteiger partial charge in [-0.1, -0.05) is 0 Å². The number of ether oxygens (including phenoxy) is 2. The Hall–Kier alpha value is -2.59. The maximum Gasteiger partial charge on any atom is 0.270 e. The standard InChI is InChI=1S/C13H11N3O3S/c1-18-7-3-4-10(19-2)8(5-7)11-9(6-14)12(17)16-13(20)15-11/h3-5H,1-2H3,(H2,15,16,17,20). The Balaban J connectivity index is 2.83. The fourth-order valence-corrected chi connectivity index (χ4v) is 2.00. The molecule has 0 spiro atoms. The molecule has 20 heavy (non-hydrogen) atoms. The molecular formula is C13H11N3O3S. The molecule has 0 amide bonds. The first kappa shape index (κ1) is 13.8. The lowest BCUT2D eigenvalue weighted by Gasteiger charge is -2.11. The van der Waals surface area contributed by atoms with E-state index in [9.17, 15) is 4.79 Å². The van der Waals surface area contributed by atoms with Crippen molar-refractivity contribution in [2.75, 3.05) is 14.2 Å². The number of rotatable bonds is 3.